The molecule has 1 heterocycles. The van der Waals surface area contributed by atoms with E-state index < -0.39 is 0 Å². The lowest BCUT2D eigenvalue weighted by Gasteiger charge is -2.02. The number of aromatic nitrogens is 1. The Bertz CT molecular complexity index is 370. The van der Waals surface area contributed by atoms with Crippen molar-refractivity contribution in [1.82, 2.24) is 4.57 Å². The minimum absolute atomic E-state index is 0.0552. The fourth-order valence-electron chi connectivity index (χ4n) is 0.970. The summed E-state index contributed by atoms with van der Waals surface area (Å²) < 4.78 is 1.34. The molecule has 0 N–H and O–H groups in total. The highest BCUT2D eigenvalue weighted by Gasteiger charge is 2.02. The van der Waals surface area contributed by atoms with Crippen molar-refractivity contribution in [3.8, 4) is 0 Å². The van der Waals surface area contributed by atoms with E-state index in [1.165, 1.54) is 10.6 Å². The van der Waals surface area contributed by atoms with Crippen LogP contribution in [0.2, 0.25) is 0 Å². The smallest absolute Gasteiger partial charge is 0.251 e. The maximum absolute atomic E-state index is 11.3. The van der Waals surface area contributed by atoms with Gasteiger partial charge in [0.1, 0.15) is 0 Å². The zero-order valence-corrected chi connectivity index (χ0v) is 8.04. The average molecular weight is 200 g/mol. The first-order valence-corrected chi connectivity index (χ1v) is 4.41. The zero-order valence-electron chi connectivity index (χ0n) is 7.29. The maximum Gasteiger partial charge on any atom is 0.251 e. The van der Waals surface area contributed by atoms with E-state index in [9.17, 15) is 9.59 Å². The Labute approximate surface area is 80.9 Å². The molecule has 0 bridgehead atoms. The lowest BCUT2D eigenvalue weighted by Crippen LogP contribution is -2.23. The molecule has 1 rings (SSSR count). The summed E-state index contributed by atoms with van der Waals surface area (Å²) in [6, 6.07) is 3.27. The van der Waals surface area contributed by atoms with Gasteiger partial charge in [0.2, 0.25) is 0 Å². The highest BCUT2D eigenvalue weighted by atomic mass is 35.5. The fourth-order valence-corrected chi connectivity index (χ4v) is 1.05. The molecular weight excluding hydrogens is 190 g/mol. The molecule has 0 aliphatic rings. The summed E-state index contributed by atoms with van der Waals surface area (Å²) in [5.74, 6) is -0.215. The molecule has 0 fully saturated rings. The van der Waals surface area contributed by atoms with Crippen LogP contribution in [0.5, 0.6) is 0 Å². The van der Waals surface area contributed by atoms with Gasteiger partial charge in [0.05, 0.1) is 12.4 Å². The summed E-state index contributed by atoms with van der Waals surface area (Å²) >= 11 is 5.32. The van der Waals surface area contributed by atoms with Crippen LogP contribution in [0.3, 0.4) is 0 Å². The summed E-state index contributed by atoms with van der Waals surface area (Å²) in [4.78, 5) is 22.2. The Hall–Kier alpha value is -1.09. The molecule has 0 spiro atoms. The number of ketones is 1. The van der Waals surface area contributed by atoms with Crippen LogP contribution in [0.15, 0.2) is 23.1 Å². The van der Waals surface area contributed by atoms with Gasteiger partial charge in [-0.05, 0) is 18.6 Å². The van der Waals surface area contributed by atoms with Crippen LogP contribution in [0.1, 0.15) is 5.56 Å². The number of aryl methyl sites for hydroxylation is 1. The Balaban J connectivity index is 2.90. The number of halogens is 1. The normalized spacial score (nSPS) is 10.0. The summed E-state index contributed by atoms with van der Waals surface area (Å²) in [6.45, 7) is 1.89. The number of hydrogen-bond acceptors (Lipinski definition) is 2. The van der Waals surface area contributed by atoms with Gasteiger partial charge in [-0.15, -0.1) is 11.6 Å². The molecule has 0 radical (unpaired) electrons. The minimum Gasteiger partial charge on any atom is -0.308 e. The van der Waals surface area contributed by atoms with E-state index in [1.807, 2.05) is 6.92 Å². The van der Waals surface area contributed by atoms with Gasteiger partial charge in [0.25, 0.3) is 5.56 Å². The predicted octanol–water partition coefficient (Wildman–Crippen LogP) is 0.965. The van der Waals surface area contributed by atoms with Gasteiger partial charge < -0.3 is 4.57 Å². The van der Waals surface area contributed by atoms with Crippen molar-refractivity contribution in [2.75, 3.05) is 5.88 Å². The van der Waals surface area contributed by atoms with Gasteiger partial charge >= 0.3 is 0 Å². The van der Waals surface area contributed by atoms with Gasteiger partial charge in [0.15, 0.2) is 5.78 Å². The lowest BCUT2D eigenvalue weighted by molar-refractivity contribution is -0.117. The third kappa shape index (κ3) is 2.70. The molecule has 0 unspecified atom stereocenters. The minimum atomic E-state index is -0.168. The Kier molecular flexibility index (Phi) is 3.25. The summed E-state index contributed by atoms with van der Waals surface area (Å²) in [7, 11) is 0. The van der Waals surface area contributed by atoms with Crippen molar-refractivity contribution >= 4 is 17.4 Å². The van der Waals surface area contributed by atoms with Gasteiger partial charge in [0, 0.05) is 12.3 Å². The molecule has 0 aromatic carbocycles. The number of carbonyl (C=O) groups excluding carboxylic acids is 1. The van der Waals surface area contributed by atoms with Crippen LogP contribution in [0.25, 0.3) is 0 Å². The van der Waals surface area contributed by atoms with E-state index in [2.05, 4.69) is 0 Å². The zero-order chi connectivity index (χ0) is 9.84. The molecular formula is C9H10ClNO2. The second-order valence-electron chi connectivity index (χ2n) is 2.84. The van der Waals surface area contributed by atoms with Crippen molar-refractivity contribution in [2.45, 2.75) is 13.5 Å². The first-order valence-electron chi connectivity index (χ1n) is 3.88. The van der Waals surface area contributed by atoms with Crippen molar-refractivity contribution in [1.29, 1.82) is 0 Å². The molecule has 3 nitrogen and oxygen atoms in total. The molecule has 0 amide bonds. The molecule has 0 aliphatic carbocycles. The van der Waals surface area contributed by atoms with E-state index in [-0.39, 0.29) is 23.8 Å². The van der Waals surface area contributed by atoms with Crippen LogP contribution >= 0.6 is 11.6 Å². The molecule has 0 saturated carbocycles. The first kappa shape index (κ1) is 9.99. The predicted molar refractivity (Wildman–Crippen MR) is 51.2 cm³/mol. The summed E-state index contributed by atoms with van der Waals surface area (Å²) in [6.07, 6.45) is 1.60. The van der Waals surface area contributed by atoms with Crippen molar-refractivity contribution in [3.05, 3.63) is 34.2 Å². The second-order valence-corrected chi connectivity index (χ2v) is 3.11. The summed E-state index contributed by atoms with van der Waals surface area (Å²) in [5, 5.41) is 0. The van der Waals surface area contributed by atoms with Gasteiger partial charge in [-0.25, -0.2) is 0 Å². The third-order valence-electron chi connectivity index (χ3n) is 1.65. The second kappa shape index (κ2) is 4.23. The van der Waals surface area contributed by atoms with Gasteiger partial charge in [-0.2, -0.15) is 0 Å². The molecule has 13 heavy (non-hydrogen) atoms. The number of hydrogen-bond donors (Lipinski definition) is 0. The van der Waals surface area contributed by atoms with E-state index in [4.69, 9.17) is 11.6 Å². The molecule has 70 valence electrons. The van der Waals surface area contributed by atoms with E-state index in [0.29, 0.717) is 0 Å². The van der Waals surface area contributed by atoms with Gasteiger partial charge in [-0.1, -0.05) is 0 Å². The van der Waals surface area contributed by atoms with Crippen LogP contribution in [-0.2, 0) is 11.3 Å². The van der Waals surface area contributed by atoms with Crippen molar-refractivity contribution in [2.24, 2.45) is 0 Å². The molecule has 0 saturated heterocycles. The van der Waals surface area contributed by atoms with Crippen LogP contribution in [0.4, 0.5) is 0 Å². The largest absolute Gasteiger partial charge is 0.308 e. The quantitative estimate of drug-likeness (QED) is 0.681. The number of pyridine rings is 1. The summed E-state index contributed by atoms with van der Waals surface area (Å²) in [5.41, 5.74) is 0.720. The number of carbonyl (C=O) groups is 1. The molecule has 1 aromatic heterocycles. The number of Topliss-reactive ketones (excluding diaryl/α,β-unsaturated/α-hetero) is 1. The first-order chi connectivity index (χ1) is 6.13. The Morgan fingerprint density at radius 3 is 2.85 bits per heavy atom. The maximum atomic E-state index is 11.3. The van der Waals surface area contributed by atoms with E-state index in [1.54, 1.807) is 12.3 Å². The average Bonchev–Trinajstić information content (AvgIpc) is 2.09. The van der Waals surface area contributed by atoms with Crippen LogP contribution in [-0.4, -0.2) is 16.2 Å². The van der Waals surface area contributed by atoms with Crippen molar-refractivity contribution < 1.29 is 4.79 Å². The number of rotatable bonds is 3. The van der Waals surface area contributed by atoms with Crippen molar-refractivity contribution in [3.63, 3.8) is 0 Å². The Morgan fingerprint density at radius 2 is 2.31 bits per heavy atom. The highest BCUT2D eigenvalue weighted by molar-refractivity contribution is 6.27. The van der Waals surface area contributed by atoms with Crippen LogP contribution < -0.4 is 5.56 Å². The number of nitrogens with zero attached hydrogens (tertiary/aromatic N) is 1. The SMILES string of the molecule is Cc1ccn(CC(=O)CCl)c(=O)c1. The standard InChI is InChI=1S/C9H10ClNO2/c1-7-2-3-11(9(13)4-7)6-8(12)5-10/h2-4H,5-6H2,1H3. The molecule has 0 atom stereocenters. The number of alkyl halides is 1. The van der Waals surface area contributed by atoms with E-state index in [0.717, 1.165) is 5.56 Å². The monoisotopic (exact) mass is 199 g/mol. The Morgan fingerprint density at radius 1 is 1.62 bits per heavy atom. The lowest BCUT2D eigenvalue weighted by atomic mass is 10.3. The van der Waals surface area contributed by atoms with E-state index >= 15 is 0 Å². The third-order valence-corrected chi connectivity index (χ3v) is 1.95. The molecule has 0 aliphatic heterocycles. The molecule has 4 heteroatoms. The molecule has 1 aromatic rings. The van der Waals surface area contributed by atoms with Gasteiger partial charge in [-0.3, -0.25) is 9.59 Å². The highest BCUT2D eigenvalue weighted by Crippen LogP contribution is 1.91. The van der Waals surface area contributed by atoms with Crippen LogP contribution in [0, 0.1) is 6.92 Å². The topological polar surface area (TPSA) is 39.1 Å². The fraction of sp³-hybridized carbons (Fsp3) is 0.333.